The molecule has 0 aromatic heterocycles. The molecule has 5 heteroatoms. The van der Waals surface area contributed by atoms with Gasteiger partial charge in [-0.25, -0.2) is 0 Å². The van der Waals surface area contributed by atoms with Crippen LogP contribution in [0.3, 0.4) is 0 Å². The van der Waals surface area contributed by atoms with Gasteiger partial charge in [0.2, 0.25) is 0 Å². The minimum Gasteiger partial charge on any atom is -0.381 e. The summed E-state index contributed by atoms with van der Waals surface area (Å²) in [5, 5.41) is 2.87. The molecule has 1 N–H and O–H groups in total. The molecule has 1 rings (SSSR count). The summed E-state index contributed by atoms with van der Waals surface area (Å²) in [5.74, 6) is -0.0649. The number of hydrogen-bond donors (Lipinski definition) is 1. The number of nitrogens with one attached hydrogen (secondary N) is 1. The van der Waals surface area contributed by atoms with E-state index in [1.807, 2.05) is 12.1 Å². The lowest BCUT2D eigenvalue weighted by molar-refractivity contribution is 0.0940. The average Bonchev–Trinajstić information content (AvgIpc) is 2.33. The van der Waals surface area contributed by atoms with Crippen LogP contribution in [0.2, 0.25) is 0 Å². The predicted molar refractivity (Wildman–Crippen MR) is 79.9 cm³/mol. The second-order valence-corrected chi connectivity index (χ2v) is 5.62. The number of hydrogen-bond acceptors (Lipinski definition) is 2. The molecule has 0 aliphatic rings. The third-order valence-electron chi connectivity index (χ3n) is 2.28. The minimum atomic E-state index is -0.0649. The van der Waals surface area contributed by atoms with E-state index >= 15 is 0 Å². The van der Waals surface area contributed by atoms with Gasteiger partial charge >= 0.3 is 0 Å². The third-order valence-corrected chi connectivity index (χ3v) is 3.42. The Bertz CT molecular complexity index is 397. The van der Waals surface area contributed by atoms with Crippen molar-refractivity contribution >= 4 is 37.8 Å². The molecule has 18 heavy (non-hydrogen) atoms. The van der Waals surface area contributed by atoms with Crippen LogP contribution in [-0.2, 0) is 4.74 Å². The maximum Gasteiger partial charge on any atom is 0.252 e. The first-order valence-electron chi connectivity index (χ1n) is 5.96. The highest BCUT2D eigenvalue weighted by molar-refractivity contribution is 9.11. The van der Waals surface area contributed by atoms with Crippen molar-refractivity contribution in [2.75, 3.05) is 19.8 Å². The van der Waals surface area contributed by atoms with Crippen molar-refractivity contribution in [3.05, 3.63) is 32.7 Å². The largest absolute Gasteiger partial charge is 0.381 e. The van der Waals surface area contributed by atoms with Crippen molar-refractivity contribution < 1.29 is 9.53 Å². The number of rotatable bonds is 7. The van der Waals surface area contributed by atoms with Crippen molar-refractivity contribution in [2.45, 2.75) is 19.8 Å². The van der Waals surface area contributed by atoms with E-state index in [1.54, 1.807) is 6.07 Å². The number of carbonyl (C=O) groups is 1. The molecule has 0 saturated heterocycles. The summed E-state index contributed by atoms with van der Waals surface area (Å²) in [4.78, 5) is 11.9. The van der Waals surface area contributed by atoms with Crippen LogP contribution in [0, 0.1) is 0 Å². The van der Waals surface area contributed by atoms with Gasteiger partial charge in [0.15, 0.2) is 0 Å². The van der Waals surface area contributed by atoms with Gasteiger partial charge in [0.1, 0.15) is 0 Å². The van der Waals surface area contributed by atoms with Gasteiger partial charge in [-0.1, -0.05) is 22.9 Å². The standard InChI is InChI=1S/C13H17Br2NO2/c1-2-7-18-8-3-6-16-13(17)11-5-4-10(14)9-12(11)15/h4-5,9H,2-3,6-8H2,1H3,(H,16,17). The van der Waals surface area contributed by atoms with E-state index in [2.05, 4.69) is 44.1 Å². The van der Waals surface area contributed by atoms with Gasteiger partial charge in [-0.05, 0) is 47.0 Å². The molecule has 0 saturated carbocycles. The molecule has 0 atom stereocenters. The topological polar surface area (TPSA) is 38.3 Å². The van der Waals surface area contributed by atoms with Gasteiger partial charge < -0.3 is 10.1 Å². The quantitative estimate of drug-likeness (QED) is 0.733. The van der Waals surface area contributed by atoms with E-state index < -0.39 is 0 Å². The molecule has 0 bridgehead atoms. The number of halogens is 2. The lowest BCUT2D eigenvalue weighted by Crippen LogP contribution is -2.25. The molecule has 1 aromatic carbocycles. The molecule has 0 radical (unpaired) electrons. The maximum absolute atomic E-state index is 11.9. The van der Waals surface area contributed by atoms with Crippen molar-refractivity contribution in [3.63, 3.8) is 0 Å². The molecule has 0 aliphatic heterocycles. The van der Waals surface area contributed by atoms with E-state index in [0.29, 0.717) is 18.7 Å². The predicted octanol–water partition coefficient (Wildman–Crippen LogP) is 3.76. The fraction of sp³-hybridized carbons (Fsp3) is 0.462. The molecule has 0 aliphatic carbocycles. The van der Waals surface area contributed by atoms with Crippen molar-refractivity contribution in [1.82, 2.24) is 5.32 Å². The highest BCUT2D eigenvalue weighted by Crippen LogP contribution is 2.21. The molecule has 0 spiro atoms. The lowest BCUT2D eigenvalue weighted by atomic mass is 10.2. The molecule has 1 amide bonds. The first-order chi connectivity index (χ1) is 8.65. The van der Waals surface area contributed by atoms with Crippen LogP contribution < -0.4 is 5.32 Å². The lowest BCUT2D eigenvalue weighted by Gasteiger charge is -2.07. The summed E-state index contributed by atoms with van der Waals surface area (Å²) >= 11 is 6.73. The molecule has 1 aromatic rings. The Hall–Kier alpha value is -0.390. The maximum atomic E-state index is 11.9. The van der Waals surface area contributed by atoms with Crippen LogP contribution in [0.5, 0.6) is 0 Å². The Balaban J connectivity index is 2.32. The fourth-order valence-corrected chi connectivity index (χ4v) is 2.62. The second-order valence-electron chi connectivity index (χ2n) is 3.85. The Kier molecular flexibility index (Phi) is 7.54. The molecule has 3 nitrogen and oxygen atoms in total. The summed E-state index contributed by atoms with van der Waals surface area (Å²) in [6.07, 6.45) is 1.86. The number of carbonyl (C=O) groups excluding carboxylic acids is 1. The molecular formula is C13H17Br2NO2. The summed E-state index contributed by atoms with van der Waals surface area (Å²) in [5.41, 5.74) is 0.646. The van der Waals surface area contributed by atoms with Gasteiger partial charge in [0, 0.05) is 28.7 Å². The van der Waals surface area contributed by atoms with Crippen molar-refractivity contribution in [2.24, 2.45) is 0 Å². The summed E-state index contributed by atoms with van der Waals surface area (Å²) in [7, 11) is 0. The summed E-state index contributed by atoms with van der Waals surface area (Å²) < 4.78 is 7.07. The van der Waals surface area contributed by atoms with Crippen molar-refractivity contribution in [1.29, 1.82) is 0 Å². The smallest absolute Gasteiger partial charge is 0.252 e. The molecule has 0 fully saturated rings. The first kappa shape index (κ1) is 15.7. The molecule has 0 heterocycles. The second kappa shape index (κ2) is 8.67. The highest BCUT2D eigenvalue weighted by Gasteiger charge is 2.09. The van der Waals surface area contributed by atoms with E-state index in [4.69, 9.17) is 4.74 Å². The zero-order valence-electron chi connectivity index (χ0n) is 10.3. The van der Waals surface area contributed by atoms with Crippen LogP contribution in [0.25, 0.3) is 0 Å². The molecular weight excluding hydrogens is 362 g/mol. The van der Waals surface area contributed by atoms with E-state index in [-0.39, 0.29) is 5.91 Å². The Morgan fingerprint density at radius 1 is 1.33 bits per heavy atom. The average molecular weight is 379 g/mol. The Morgan fingerprint density at radius 3 is 2.78 bits per heavy atom. The Morgan fingerprint density at radius 2 is 2.11 bits per heavy atom. The van der Waals surface area contributed by atoms with E-state index in [0.717, 1.165) is 28.4 Å². The van der Waals surface area contributed by atoms with Gasteiger partial charge in [0.05, 0.1) is 5.56 Å². The van der Waals surface area contributed by atoms with Gasteiger partial charge in [0.25, 0.3) is 5.91 Å². The van der Waals surface area contributed by atoms with Gasteiger partial charge in [-0.3, -0.25) is 4.79 Å². The monoisotopic (exact) mass is 377 g/mol. The first-order valence-corrected chi connectivity index (χ1v) is 7.54. The van der Waals surface area contributed by atoms with Crippen LogP contribution in [-0.4, -0.2) is 25.7 Å². The summed E-state index contributed by atoms with van der Waals surface area (Å²) in [6, 6.07) is 5.50. The van der Waals surface area contributed by atoms with Crippen LogP contribution in [0.1, 0.15) is 30.1 Å². The van der Waals surface area contributed by atoms with Crippen LogP contribution in [0.4, 0.5) is 0 Å². The number of benzene rings is 1. The van der Waals surface area contributed by atoms with Gasteiger partial charge in [-0.2, -0.15) is 0 Å². The third kappa shape index (κ3) is 5.50. The fourth-order valence-electron chi connectivity index (χ4n) is 1.39. The molecule has 100 valence electrons. The number of ether oxygens (including phenoxy) is 1. The number of amides is 1. The molecule has 0 unspecified atom stereocenters. The minimum absolute atomic E-state index is 0.0649. The normalized spacial score (nSPS) is 10.4. The Labute approximate surface area is 125 Å². The van der Waals surface area contributed by atoms with E-state index in [9.17, 15) is 4.79 Å². The SMILES string of the molecule is CCCOCCCNC(=O)c1ccc(Br)cc1Br. The highest BCUT2D eigenvalue weighted by atomic mass is 79.9. The van der Waals surface area contributed by atoms with Crippen molar-refractivity contribution in [3.8, 4) is 0 Å². The van der Waals surface area contributed by atoms with Gasteiger partial charge in [-0.15, -0.1) is 0 Å². The zero-order chi connectivity index (χ0) is 13.4. The van der Waals surface area contributed by atoms with E-state index in [1.165, 1.54) is 0 Å². The van der Waals surface area contributed by atoms with Crippen LogP contribution >= 0.6 is 31.9 Å². The zero-order valence-corrected chi connectivity index (χ0v) is 13.5. The van der Waals surface area contributed by atoms with Crippen LogP contribution in [0.15, 0.2) is 27.1 Å². The summed E-state index contributed by atoms with van der Waals surface area (Å²) in [6.45, 7) is 4.18.